The minimum absolute atomic E-state index is 0.0801. The third kappa shape index (κ3) is 4.38. The number of alkyl carbamates (subject to hydrolysis) is 1. The van der Waals surface area contributed by atoms with Crippen LogP contribution in [-0.4, -0.2) is 28.9 Å². The Labute approximate surface area is 109 Å². The fourth-order valence-electron chi connectivity index (χ4n) is 1.12. The molecule has 0 atom stereocenters. The Bertz CT molecular complexity index is 459. The highest BCUT2D eigenvalue weighted by molar-refractivity contribution is 7.80. The van der Waals surface area contributed by atoms with E-state index in [9.17, 15) is 9.59 Å². The molecule has 0 unspecified atom stereocenters. The van der Waals surface area contributed by atoms with Gasteiger partial charge >= 0.3 is 12.1 Å². The smallest absolute Gasteiger partial charge is 0.413 e. The Morgan fingerprint density at radius 1 is 1.33 bits per heavy atom. The van der Waals surface area contributed by atoms with E-state index in [4.69, 9.17) is 17.3 Å². The van der Waals surface area contributed by atoms with E-state index >= 15 is 0 Å². The van der Waals surface area contributed by atoms with Crippen molar-refractivity contribution in [2.45, 2.75) is 6.92 Å². The maximum Gasteiger partial charge on any atom is 0.413 e. The largest absolute Gasteiger partial charge is 0.478 e. The number of rotatable bonds is 3. The van der Waals surface area contributed by atoms with Gasteiger partial charge in [0.1, 0.15) is 0 Å². The van der Waals surface area contributed by atoms with Gasteiger partial charge in [-0.05, 0) is 43.4 Å². The molecule has 96 valence electrons. The lowest BCUT2D eigenvalue weighted by atomic mass is 10.2. The summed E-state index contributed by atoms with van der Waals surface area (Å²) in [5.74, 6) is -1.01. The van der Waals surface area contributed by atoms with Crippen LogP contribution >= 0.6 is 12.2 Å². The van der Waals surface area contributed by atoms with Crippen molar-refractivity contribution in [2.75, 3.05) is 11.9 Å². The summed E-state index contributed by atoms with van der Waals surface area (Å²) >= 11 is 4.87. The first-order chi connectivity index (χ1) is 8.52. The predicted molar refractivity (Wildman–Crippen MR) is 69.8 cm³/mol. The van der Waals surface area contributed by atoms with Crippen LogP contribution in [0.5, 0.6) is 0 Å². The Kier molecular flexibility index (Phi) is 5.06. The molecule has 0 aliphatic carbocycles. The molecule has 0 fully saturated rings. The van der Waals surface area contributed by atoms with Crippen molar-refractivity contribution < 1.29 is 19.4 Å². The zero-order valence-electron chi connectivity index (χ0n) is 9.60. The summed E-state index contributed by atoms with van der Waals surface area (Å²) in [6.07, 6.45) is -0.642. The molecule has 0 heterocycles. The number of benzene rings is 1. The molecule has 3 N–H and O–H groups in total. The van der Waals surface area contributed by atoms with Crippen molar-refractivity contribution in [1.82, 2.24) is 5.32 Å². The van der Waals surface area contributed by atoms with Gasteiger partial charge in [0.15, 0.2) is 5.11 Å². The van der Waals surface area contributed by atoms with E-state index in [1.165, 1.54) is 12.1 Å². The van der Waals surface area contributed by atoms with Gasteiger partial charge in [0.05, 0.1) is 12.2 Å². The highest BCUT2D eigenvalue weighted by Gasteiger charge is 2.05. The summed E-state index contributed by atoms with van der Waals surface area (Å²) in [7, 11) is 0. The van der Waals surface area contributed by atoms with Gasteiger partial charge in [0.2, 0.25) is 0 Å². The van der Waals surface area contributed by atoms with Crippen LogP contribution in [0.2, 0.25) is 0 Å². The number of thiocarbonyl (C=S) groups is 1. The number of hydrogen-bond donors (Lipinski definition) is 3. The van der Waals surface area contributed by atoms with Crippen LogP contribution in [0.1, 0.15) is 17.3 Å². The minimum atomic E-state index is -1.01. The normalized spacial score (nSPS) is 9.39. The van der Waals surface area contributed by atoms with Gasteiger partial charge in [-0.15, -0.1) is 0 Å². The zero-order chi connectivity index (χ0) is 13.5. The molecular weight excluding hydrogens is 256 g/mol. The maximum atomic E-state index is 11.0. The zero-order valence-corrected chi connectivity index (χ0v) is 10.4. The molecule has 1 aromatic carbocycles. The van der Waals surface area contributed by atoms with Crippen LogP contribution in [-0.2, 0) is 4.74 Å². The third-order valence-electron chi connectivity index (χ3n) is 1.88. The van der Waals surface area contributed by atoms with Gasteiger partial charge in [-0.1, -0.05) is 0 Å². The number of anilines is 1. The van der Waals surface area contributed by atoms with Crippen LogP contribution in [0.25, 0.3) is 0 Å². The quantitative estimate of drug-likeness (QED) is 0.725. The van der Waals surface area contributed by atoms with Gasteiger partial charge < -0.3 is 15.2 Å². The number of hydrogen-bond acceptors (Lipinski definition) is 4. The monoisotopic (exact) mass is 268 g/mol. The number of nitrogens with one attached hydrogen (secondary N) is 2. The Morgan fingerprint density at radius 3 is 2.44 bits per heavy atom. The molecule has 0 bridgehead atoms. The van der Waals surface area contributed by atoms with Crippen molar-refractivity contribution >= 4 is 35.1 Å². The van der Waals surface area contributed by atoms with Crippen LogP contribution in [0.15, 0.2) is 24.3 Å². The predicted octanol–water partition coefficient (Wildman–Crippen LogP) is 1.83. The van der Waals surface area contributed by atoms with E-state index in [-0.39, 0.29) is 17.3 Å². The fraction of sp³-hybridized carbons (Fsp3) is 0.182. The molecule has 6 nitrogen and oxygen atoms in total. The topological polar surface area (TPSA) is 87.7 Å². The second kappa shape index (κ2) is 6.55. The van der Waals surface area contributed by atoms with E-state index < -0.39 is 12.1 Å². The van der Waals surface area contributed by atoms with Crippen molar-refractivity contribution in [3.05, 3.63) is 29.8 Å². The second-order valence-corrected chi connectivity index (χ2v) is 3.59. The van der Waals surface area contributed by atoms with Gasteiger partial charge in [-0.3, -0.25) is 5.32 Å². The number of amides is 1. The maximum absolute atomic E-state index is 11.0. The molecule has 0 spiro atoms. The van der Waals surface area contributed by atoms with Crippen LogP contribution in [0.3, 0.4) is 0 Å². The second-order valence-electron chi connectivity index (χ2n) is 3.18. The Morgan fingerprint density at radius 2 is 1.94 bits per heavy atom. The summed E-state index contributed by atoms with van der Waals surface area (Å²) in [6, 6.07) is 5.94. The molecule has 0 radical (unpaired) electrons. The number of aromatic carboxylic acids is 1. The lowest BCUT2D eigenvalue weighted by Gasteiger charge is -2.09. The van der Waals surface area contributed by atoms with E-state index in [0.29, 0.717) is 5.69 Å². The summed E-state index contributed by atoms with van der Waals surface area (Å²) < 4.78 is 4.65. The number of ether oxygens (including phenoxy) is 1. The molecule has 18 heavy (non-hydrogen) atoms. The highest BCUT2D eigenvalue weighted by atomic mass is 32.1. The number of carboxylic acids is 1. The average molecular weight is 268 g/mol. The molecule has 0 aromatic heterocycles. The Hall–Kier alpha value is -2.15. The summed E-state index contributed by atoms with van der Waals surface area (Å²) in [4.78, 5) is 21.7. The van der Waals surface area contributed by atoms with Gasteiger partial charge in [-0.25, -0.2) is 9.59 Å². The molecule has 0 saturated carbocycles. The highest BCUT2D eigenvalue weighted by Crippen LogP contribution is 2.09. The van der Waals surface area contributed by atoms with Crippen molar-refractivity contribution in [2.24, 2.45) is 0 Å². The molecular formula is C11H12N2O4S. The van der Waals surface area contributed by atoms with E-state index in [0.717, 1.165) is 0 Å². The van der Waals surface area contributed by atoms with Crippen LogP contribution < -0.4 is 10.6 Å². The number of carbonyl (C=O) groups excluding carboxylic acids is 1. The van der Waals surface area contributed by atoms with Crippen LogP contribution in [0.4, 0.5) is 10.5 Å². The molecule has 1 aromatic rings. The van der Waals surface area contributed by atoms with E-state index in [1.807, 2.05) is 0 Å². The first-order valence-electron chi connectivity index (χ1n) is 5.11. The van der Waals surface area contributed by atoms with Crippen molar-refractivity contribution in [3.63, 3.8) is 0 Å². The Balaban J connectivity index is 2.54. The van der Waals surface area contributed by atoms with Crippen molar-refractivity contribution in [3.8, 4) is 0 Å². The first kappa shape index (κ1) is 13.9. The number of carboxylic acid groups (broad SMARTS) is 1. The van der Waals surface area contributed by atoms with Crippen molar-refractivity contribution in [1.29, 1.82) is 0 Å². The third-order valence-corrected chi connectivity index (χ3v) is 2.08. The van der Waals surface area contributed by atoms with Gasteiger partial charge in [-0.2, -0.15) is 0 Å². The van der Waals surface area contributed by atoms with E-state index in [2.05, 4.69) is 15.4 Å². The summed E-state index contributed by atoms with van der Waals surface area (Å²) in [5, 5.41) is 13.8. The van der Waals surface area contributed by atoms with Gasteiger partial charge in [0.25, 0.3) is 0 Å². The summed E-state index contributed by atoms with van der Waals surface area (Å²) in [5.41, 5.74) is 0.742. The number of carbonyl (C=O) groups is 2. The SMILES string of the molecule is CCOC(=O)NC(=S)Nc1ccc(C(=O)O)cc1. The van der Waals surface area contributed by atoms with Crippen LogP contribution in [0, 0.1) is 0 Å². The van der Waals surface area contributed by atoms with E-state index in [1.54, 1.807) is 19.1 Å². The minimum Gasteiger partial charge on any atom is -0.478 e. The molecule has 7 heteroatoms. The molecule has 1 rings (SSSR count). The first-order valence-corrected chi connectivity index (χ1v) is 5.52. The average Bonchev–Trinajstić information content (AvgIpc) is 2.29. The molecule has 1 amide bonds. The standard InChI is InChI=1S/C11H12N2O4S/c1-2-17-11(16)13-10(18)12-8-5-3-7(4-6-8)9(14)15/h3-6H,2H2,1H3,(H,14,15)(H2,12,13,16,18). The van der Waals surface area contributed by atoms with Gasteiger partial charge in [0, 0.05) is 5.69 Å². The molecule has 0 saturated heterocycles. The lowest BCUT2D eigenvalue weighted by Crippen LogP contribution is -2.34. The summed E-state index contributed by atoms with van der Waals surface area (Å²) in [6.45, 7) is 1.93. The molecule has 0 aliphatic heterocycles. The molecule has 0 aliphatic rings. The fourth-order valence-corrected chi connectivity index (χ4v) is 1.32. The lowest BCUT2D eigenvalue weighted by molar-refractivity contribution is 0.0697.